The van der Waals surface area contributed by atoms with Crippen LogP contribution in [0.25, 0.3) is 11.3 Å². The number of aromatic nitrogens is 2. The van der Waals surface area contributed by atoms with E-state index < -0.39 is 0 Å². The predicted octanol–water partition coefficient (Wildman–Crippen LogP) is 2.17. The fourth-order valence-electron chi connectivity index (χ4n) is 2.21. The Kier molecular flexibility index (Phi) is 3.39. The smallest absolute Gasteiger partial charge is 0.121 e. The van der Waals surface area contributed by atoms with Crippen molar-refractivity contribution < 1.29 is 4.74 Å². The Balaban J connectivity index is 2.58. The molecule has 2 N–H and O–H groups in total. The van der Waals surface area contributed by atoms with Crippen molar-refractivity contribution in [2.24, 2.45) is 12.8 Å². The van der Waals surface area contributed by atoms with E-state index >= 15 is 0 Å². The van der Waals surface area contributed by atoms with E-state index in [4.69, 9.17) is 10.5 Å². The number of ether oxygens (including phenoxy) is 1. The van der Waals surface area contributed by atoms with Gasteiger partial charge in [0.25, 0.3) is 0 Å². The highest BCUT2D eigenvalue weighted by atomic mass is 16.5. The molecule has 0 radical (unpaired) electrons. The quantitative estimate of drug-likeness (QED) is 0.901. The third-order valence-corrected chi connectivity index (χ3v) is 3.25. The van der Waals surface area contributed by atoms with Crippen molar-refractivity contribution in [2.75, 3.05) is 7.11 Å². The van der Waals surface area contributed by atoms with Crippen LogP contribution < -0.4 is 10.5 Å². The summed E-state index contributed by atoms with van der Waals surface area (Å²) in [5.41, 5.74) is 10.0. The van der Waals surface area contributed by atoms with Gasteiger partial charge in [-0.2, -0.15) is 0 Å². The number of hydrogen-bond donors (Lipinski definition) is 1. The van der Waals surface area contributed by atoms with Crippen molar-refractivity contribution in [1.82, 2.24) is 9.55 Å². The highest BCUT2D eigenvalue weighted by molar-refractivity contribution is 5.65. The van der Waals surface area contributed by atoms with Crippen LogP contribution in [0.1, 0.15) is 17.1 Å². The Labute approximate surface area is 107 Å². The summed E-state index contributed by atoms with van der Waals surface area (Å²) in [6, 6.07) is 6.13. The normalized spacial score (nSPS) is 10.7. The SMILES string of the molecule is COc1ccc(-c2c(CN)nc(C)n2C)cc1C. The maximum Gasteiger partial charge on any atom is 0.121 e. The van der Waals surface area contributed by atoms with Crippen LogP contribution in [0.4, 0.5) is 0 Å². The summed E-state index contributed by atoms with van der Waals surface area (Å²) in [7, 11) is 3.69. The van der Waals surface area contributed by atoms with Gasteiger partial charge in [0.15, 0.2) is 0 Å². The second-order valence-electron chi connectivity index (χ2n) is 4.40. The van der Waals surface area contributed by atoms with Crippen molar-refractivity contribution in [2.45, 2.75) is 20.4 Å². The molecule has 0 aliphatic carbocycles. The summed E-state index contributed by atoms with van der Waals surface area (Å²) < 4.78 is 7.35. The number of aryl methyl sites for hydroxylation is 2. The van der Waals surface area contributed by atoms with E-state index in [1.54, 1.807) is 7.11 Å². The number of nitrogens with two attached hydrogens (primary N) is 1. The van der Waals surface area contributed by atoms with Crippen molar-refractivity contribution in [3.63, 3.8) is 0 Å². The van der Waals surface area contributed by atoms with Gasteiger partial charge in [0, 0.05) is 19.2 Å². The van der Waals surface area contributed by atoms with E-state index in [0.29, 0.717) is 6.54 Å². The molecule has 2 aromatic rings. The van der Waals surface area contributed by atoms with Gasteiger partial charge in [-0.15, -0.1) is 0 Å². The fraction of sp³-hybridized carbons (Fsp3) is 0.357. The summed E-state index contributed by atoms with van der Waals surface area (Å²) >= 11 is 0. The van der Waals surface area contributed by atoms with E-state index in [-0.39, 0.29) is 0 Å². The molecule has 4 heteroatoms. The Morgan fingerprint density at radius 2 is 2.06 bits per heavy atom. The van der Waals surface area contributed by atoms with Crippen molar-refractivity contribution >= 4 is 0 Å². The fourth-order valence-corrected chi connectivity index (χ4v) is 2.21. The van der Waals surface area contributed by atoms with Gasteiger partial charge < -0.3 is 15.0 Å². The van der Waals surface area contributed by atoms with Gasteiger partial charge in [-0.25, -0.2) is 4.98 Å². The number of imidazole rings is 1. The largest absolute Gasteiger partial charge is 0.496 e. The first-order chi connectivity index (χ1) is 8.58. The predicted molar refractivity (Wildman–Crippen MR) is 72.6 cm³/mol. The van der Waals surface area contributed by atoms with E-state index in [1.807, 2.05) is 33.0 Å². The molecule has 0 aliphatic heterocycles. The van der Waals surface area contributed by atoms with Crippen LogP contribution in [0.5, 0.6) is 5.75 Å². The zero-order chi connectivity index (χ0) is 13.3. The van der Waals surface area contributed by atoms with Crippen LogP contribution in [0.2, 0.25) is 0 Å². The van der Waals surface area contributed by atoms with Gasteiger partial charge in [0.1, 0.15) is 11.6 Å². The van der Waals surface area contributed by atoms with Gasteiger partial charge in [-0.3, -0.25) is 0 Å². The van der Waals surface area contributed by atoms with Crippen LogP contribution in [-0.2, 0) is 13.6 Å². The lowest BCUT2D eigenvalue weighted by Crippen LogP contribution is -2.01. The lowest BCUT2D eigenvalue weighted by Gasteiger charge is -2.10. The molecule has 0 atom stereocenters. The molecule has 0 unspecified atom stereocenters. The third kappa shape index (κ3) is 1.99. The Morgan fingerprint density at radius 1 is 1.33 bits per heavy atom. The molecule has 0 spiro atoms. The topological polar surface area (TPSA) is 53.1 Å². The van der Waals surface area contributed by atoms with Gasteiger partial charge in [0.2, 0.25) is 0 Å². The molecule has 96 valence electrons. The van der Waals surface area contributed by atoms with Crippen molar-refractivity contribution in [1.29, 1.82) is 0 Å². The first-order valence-electron chi connectivity index (χ1n) is 5.95. The molecule has 0 aliphatic rings. The second-order valence-corrected chi connectivity index (χ2v) is 4.40. The van der Waals surface area contributed by atoms with Gasteiger partial charge in [0.05, 0.1) is 18.5 Å². The lowest BCUT2D eigenvalue weighted by molar-refractivity contribution is 0.412. The minimum Gasteiger partial charge on any atom is -0.496 e. The van der Waals surface area contributed by atoms with E-state index in [0.717, 1.165) is 34.1 Å². The van der Waals surface area contributed by atoms with Crippen LogP contribution >= 0.6 is 0 Å². The molecule has 1 heterocycles. The molecule has 0 saturated heterocycles. The summed E-state index contributed by atoms with van der Waals surface area (Å²) in [6.07, 6.45) is 0. The van der Waals surface area contributed by atoms with Gasteiger partial charge in [-0.05, 0) is 37.6 Å². The lowest BCUT2D eigenvalue weighted by atomic mass is 10.1. The van der Waals surface area contributed by atoms with E-state index in [9.17, 15) is 0 Å². The molecule has 2 rings (SSSR count). The van der Waals surface area contributed by atoms with Crippen molar-refractivity contribution in [3.8, 4) is 17.0 Å². The third-order valence-electron chi connectivity index (χ3n) is 3.25. The average molecular weight is 245 g/mol. The molecule has 1 aromatic heterocycles. The second kappa shape index (κ2) is 4.82. The van der Waals surface area contributed by atoms with Crippen LogP contribution in [0, 0.1) is 13.8 Å². The summed E-state index contributed by atoms with van der Waals surface area (Å²) in [5, 5.41) is 0. The number of methoxy groups -OCH3 is 1. The number of nitrogens with zero attached hydrogens (tertiary/aromatic N) is 2. The maximum absolute atomic E-state index is 5.76. The molecule has 0 amide bonds. The highest BCUT2D eigenvalue weighted by Crippen LogP contribution is 2.28. The van der Waals surface area contributed by atoms with Crippen LogP contribution in [0.15, 0.2) is 18.2 Å². The van der Waals surface area contributed by atoms with Crippen LogP contribution in [0.3, 0.4) is 0 Å². The Morgan fingerprint density at radius 3 is 2.61 bits per heavy atom. The zero-order valence-corrected chi connectivity index (χ0v) is 11.3. The highest BCUT2D eigenvalue weighted by Gasteiger charge is 2.13. The van der Waals surface area contributed by atoms with Gasteiger partial charge >= 0.3 is 0 Å². The molecule has 4 nitrogen and oxygen atoms in total. The summed E-state index contributed by atoms with van der Waals surface area (Å²) in [5.74, 6) is 1.87. The first kappa shape index (κ1) is 12.6. The molecular weight excluding hydrogens is 226 g/mol. The number of rotatable bonds is 3. The molecular formula is C14H19N3O. The molecule has 0 saturated carbocycles. The molecule has 1 aromatic carbocycles. The van der Waals surface area contributed by atoms with E-state index in [2.05, 4.69) is 15.6 Å². The molecule has 0 bridgehead atoms. The molecule has 0 fully saturated rings. The monoisotopic (exact) mass is 245 g/mol. The Hall–Kier alpha value is -1.81. The molecule has 18 heavy (non-hydrogen) atoms. The number of hydrogen-bond acceptors (Lipinski definition) is 3. The zero-order valence-electron chi connectivity index (χ0n) is 11.3. The Bertz CT molecular complexity index is 573. The van der Waals surface area contributed by atoms with E-state index in [1.165, 1.54) is 0 Å². The minimum atomic E-state index is 0.447. The number of benzene rings is 1. The van der Waals surface area contributed by atoms with Gasteiger partial charge in [-0.1, -0.05) is 0 Å². The van der Waals surface area contributed by atoms with Crippen molar-refractivity contribution in [3.05, 3.63) is 35.3 Å². The van der Waals surface area contributed by atoms with Crippen LogP contribution in [-0.4, -0.2) is 16.7 Å². The minimum absolute atomic E-state index is 0.447. The summed E-state index contributed by atoms with van der Waals surface area (Å²) in [4.78, 5) is 4.48. The standard InChI is InChI=1S/C14H19N3O/c1-9-7-11(5-6-13(9)18-4)14-12(8-15)16-10(2)17(14)3/h5-7H,8,15H2,1-4H3. The average Bonchev–Trinajstić information content (AvgIpc) is 2.65. The maximum atomic E-state index is 5.76. The summed E-state index contributed by atoms with van der Waals surface area (Å²) in [6.45, 7) is 4.47. The first-order valence-corrected chi connectivity index (χ1v) is 5.95.